The smallest absolute Gasteiger partial charge is 0.245 e. The lowest BCUT2D eigenvalue weighted by molar-refractivity contribution is -0.200. The van der Waals surface area contributed by atoms with E-state index in [2.05, 4.69) is 4.18 Å². The molecular formula is C9H4F8O3S. The molecule has 0 saturated heterocycles. The van der Waals surface area contributed by atoms with E-state index in [-0.39, 0.29) is 18.2 Å². The van der Waals surface area contributed by atoms with Crippen LogP contribution in [0.3, 0.4) is 0 Å². The fraction of sp³-hybridized carbons (Fsp3) is 0.333. The zero-order valence-electron chi connectivity index (χ0n) is 9.47. The summed E-state index contributed by atoms with van der Waals surface area (Å²) in [5.74, 6) is -3.38. The Bertz CT molecular complexity index is 619. The maximum absolute atomic E-state index is 12.8. The first kappa shape index (κ1) is 17.6. The van der Waals surface area contributed by atoms with E-state index in [1.165, 1.54) is 0 Å². The average Bonchev–Trinajstić information content (AvgIpc) is 2.27. The molecular weight excluding hydrogens is 340 g/mol. The molecule has 0 amide bonds. The fourth-order valence-corrected chi connectivity index (χ4v) is 1.74. The van der Waals surface area contributed by atoms with E-state index in [1.807, 2.05) is 0 Å². The van der Waals surface area contributed by atoms with Gasteiger partial charge < -0.3 is 0 Å². The molecule has 0 heterocycles. The number of halogens is 8. The zero-order chi connectivity index (χ0) is 16.6. The molecule has 0 aromatic heterocycles. The highest BCUT2D eigenvalue weighted by molar-refractivity contribution is 7.87. The summed E-state index contributed by atoms with van der Waals surface area (Å²) in [7, 11) is -6.59. The molecule has 0 aliphatic carbocycles. The van der Waals surface area contributed by atoms with Crippen LogP contribution in [0.25, 0.3) is 0 Å². The lowest BCUT2D eigenvalue weighted by Crippen LogP contribution is -2.33. The average molecular weight is 344 g/mol. The lowest BCUT2D eigenvalue weighted by atomic mass is 10.1. The summed E-state index contributed by atoms with van der Waals surface area (Å²) in [5, 5.41) is 0. The summed E-state index contributed by atoms with van der Waals surface area (Å²) in [6.45, 7) is 0. The minimum Gasteiger partial charge on any atom is -0.245 e. The van der Waals surface area contributed by atoms with Gasteiger partial charge in [0, 0.05) is 0 Å². The molecule has 120 valence electrons. The van der Waals surface area contributed by atoms with Crippen LogP contribution >= 0.6 is 0 Å². The molecule has 21 heavy (non-hydrogen) atoms. The van der Waals surface area contributed by atoms with Crippen molar-refractivity contribution in [3.63, 3.8) is 0 Å². The first-order valence-corrected chi connectivity index (χ1v) is 6.18. The Morgan fingerprint density at radius 2 is 1.48 bits per heavy atom. The van der Waals surface area contributed by atoms with E-state index >= 15 is 0 Å². The number of rotatable bonds is 3. The van der Waals surface area contributed by atoms with Gasteiger partial charge in [-0.15, -0.1) is 0 Å². The van der Waals surface area contributed by atoms with Gasteiger partial charge in [-0.05, 0) is 17.7 Å². The van der Waals surface area contributed by atoms with Crippen LogP contribution < -0.4 is 0 Å². The van der Waals surface area contributed by atoms with E-state index in [0.717, 1.165) is 0 Å². The standard InChI is InChI=1S/C9H4F8O3S/c10-5-2-1-4(3-6(5)11)7(8(12,13)14)20-21(18,19)9(15,16)17/h1-3,7H. The Labute approximate surface area is 112 Å². The molecule has 1 aromatic carbocycles. The zero-order valence-corrected chi connectivity index (χ0v) is 10.3. The molecule has 0 fully saturated rings. The van der Waals surface area contributed by atoms with Gasteiger partial charge in [-0.3, -0.25) is 0 Å². The molecule has 0 aliphatic rings. The molecule has 1 unspecified atom stereocenters. The van der Waals surface area contributed by atoms with Crippen molar-refractivity contribution in [3.05, 3.63) is 35.4 Å². The van der Waals surface area contributed by atoms with Crippen LogP contribution in [0.4, 0.5) is 35.1 Å². The summed E-state index contributed by atoms with van der Waals surface area (Å²) in [6.07, 6.45) is -9.23. The predicted octanol–water partition coefficient (Wildman–Crippen LogP) is 3.43. The number of hydrogen-bond acceptors (Lipinski definition) is 3. The monoisotopic (exact) mass is 344 g/mol. The first-order chi connectivity index (χ1) is 9.25. The van der Waals surface area contributed by atoms with Gasteiger partial charge in [0.1, 0.15) is 0 Å². The van der Waals surface area contributed by atoms with Crippen molar-refractivity contribution < 1.29 is 47.7 Å². The minimum absolute atomic E-state index is 0.112. The van der Waals surface area contributed by atoms with E-state index in [0.29, 0.717) is 0 Å². The first-order valence-electron chi connectivity index (χ1n) is 4.77. The van der Waals surface area contributed by atoms with Crippen molar-refractivity contribution in [2.24, 2.45) is 0 Å². The molecule has 0 saturated carbocycles. The maximum atomic E-state index is 12.8. The van der Waals surface area contributed by atoms with Gasteiger partial charge in [-0.2, -0.15) is 34.8 Å². The number of hydrogen-bond donors (Lipinski definition) is 0. The Balaban J connectivity index is 3.29. The van der Waals surface area contributed by atoms with Crippen LogP contribution in [0.5, 0.6) is 0 Å². The summed E-state index contributed by atoms with van der Waals surface area (Å²) in [4.78, 5) is 0. The van der Waals surface area contributed by atoms with Crippen molar-refractivity contribution >= 4 is 10.1 Å². The summed E-state index contributed by atoms with van der Waals surface area (Å²) in [5.41, 5.74) is -7.44. The predicted molar refractivity (Wildman–Crippen MR) is 51.2 cm³/mol. The Morgan fingerprint density at radius 1 is 0.952 bits per heavy atom. The van der Waals surface area contributed by atoms with Crippen LogP contribution in [0.1, 0.15) is 11.7 Å². The van der Waals surface area contributed by atoms with Crippen LogP contribution in [-0.4, -0.2) is 20.1 Å². The van der Waals surface area contributed by atoms with E-state index in [4.69, 9.17) is 0 Å². The van der Waals surface area contributed by atoms with Gasteiger partial charge in [0.05, 0.1) is 0 Å². The lowest BCUT2D eigenvalue weighted by Gasteiger charge is -2.21. The van der Waals surface area contributed by atoms with Crippen molar-refractivity contribution in [2.45, 2.75) is 17.8 Å². The topological polar surface area (TPSA) is 43.4 Å². The van der Waals surface area contributed by atoms with Crippen LogP contribution in [-0.2, 0) is 14.3 Å². The van der Waals surface area contributed by atoms with Gasteiger partial charge in [0.15, 0.2) is 17.7 Å². The van der Waals surface area contributed by atoms with E-state index < -0.39 is 45.1 Å². The maximum Gasteiger partial charge on any atom is 0.523 e. The molecule has 1 rings (SSSR count). The third kappa shape index (κ3) is 4.03. The largest absolute Gasteiger partial charge is 0.523 e. The summed E-state index contributed by atoms with van der Waals surface area (Å²) >= 11 is 0. The number of benzene rings is 1. The van der Waals surface area contributed by atoms with Crippen LogP contribution in [0.15, 0.2) is 18.2 Å². The Hall–Kier alpha value is -1.43. The molecule has 1 aromatic rings. The SMILES string of the molecule is O=S(=O)(OC(c1ccc(F)c(F)c1)C(F)(F)F)C(F)(F)F. The molecule has 3 nitrogen and oxygen atoms in total. The molecule has 0 bridgehead atoms. The molecule has 0 aliphatic heterocycles. The molecule has 0 spiro atoms. The summed E-state index contributed by atoms with van der Waals surface area (Å²) in [6, 6.07) is 0.328. The van der Waals surface area contributed by atoms with Crippen molar-refractivity contribution in [3.8, 4) is 0 Å². The second kappa shape index (κ2) is 5.40. The van der Waals surface area contributed by atoms with E-state index in [9.17, 15) is 43.5 Å². The molecule has 0 radical (unpaired) electrons. The highest BCUT2D eigenvalue weighted by Crippen LogP contribution is 2.40. The van der Waals surface area contributed by atoms with Gasteiger partial charge in [-0.25, -0.2) is 13.0 Å². The minimum atomic E-state index is -6.59. The fourth-order valence-electron chi connectivity index (χ4n) is 1.16. The third-order valence-electron chi connectivity index (χ3n) is 2.05. The van der Waals surface area contributed by atoms with Gasteiger partial charge in [0.2, 0.25) is 0 Å². The van der Waals surface area contributed by atoms with Crippen molar-refractivity contribution in [1.29, 1.82) is 0 Å². The highest BCUT2D eigenvalue weighted by atomic mass is 32.2. The normalized spacial score (nSPS) is 15.0. The van der Waals surface area contributed by atoms with Crippen LogP contribution in [0, 0.1) is 11.6 Å². The van der Waals surface area contributed by atoms with Crippen molar-refractivity contribution in [1.82, 2.24) is 0 Å². The Morgan fingerprint density at radius 3 is 1.86 bits per heavy atom. The highest BCUT2D eigenvalue weighted by Gasteiger charge is 2.54. The van der Waals surface area contributed by atoms with Gasteiger partial charge >= 0.3 is 21.8 Å². The van der Waals surface area contributed by atoms with Gasteiger partial charge in [0.25, 0.3) is 0 Å². The summed E-state index contributed by atoms with van der Waals surface area (Å²) < 4.78 is 124. The molecule has 12 heteroatoms. The number of alkyl halides is 6. The second-order valence-corrected chi connectivity index (χ2v) is 5.15. The quantitative estimate of drug-likeness (QED) is 0.479. The molecule has 0 N–H and O–H groups in total. The van der Waals surface area contributed by atoms with Crippen molar-refractivity contribution in [2.75, 3.05) is 0 Å². The van der Waals surface area contributed by atoms with Gasteiger partial charge in [-0.1, -0.05) is 6.07 Å². The third-order valence-corrected chi connectivity index (χ3v) is 3.06. The second-order valence-electron chi connectivity index (χ2n) is 3.59. The van der Waals surface area contributed by atoms with E-state index in [1.54, 1.807) is 0 Å². The Kier molecular flexibility index (Phi) is 4.53. The molecule has 1 atom stereocenters. The van der Waals surface area contributed by atoms with Crippen LogP contribution in [0.2, 0.25) is 0 Å².